The lowest BCUT2D eigenvalue weighted by atomic mass is 9.97. The number of nitrogens with zero attached hydrogens (tertiary/aromatic N) is 2. The first-order valence-electron chi connectivity index (χ1n) is 10.1. The van der Waals surface area contributed by atoms with Crippen molar-refractivity contribution in [2.75, 3.05) is 0 Å². The van der Waals surface area contributed by atoms with Gasteiger partial charge in [-0.2, -0.15) is 0 Å². The molecule has 2 aliphatic heterocycles. The van der Waals surface area contributed by atoms with Crippen molar-refractivity contribution in [1.29, 1.82) is 0 Å². The number of carbonyl (C=O) groups is 1. The van der Waals surface area contributed by atoms with Gasteiger partial charge < -0.3 is 19.1 Å². The second-order valence-corrected chi connectivity index (χ2v) is 8.00. The third-order valence-corrected chi connectivity index (χ3v) is 5.80. The summed E-state index contributed by atoms with van der Waals surface area (Å²) in [6, 6.07) is 6.97. The van der Waals surface area contributed by atoms with E-state index in [1.807, 2.05) is 19.9 Å². The van der Waals surface area contributed by atoms with E-state index < -0.39 is 12.1 Å². The smallest absolute Gasteiger partial charge is 0.340 e. The summed E-state index contributed by atoms with van der Waals surface area (Å²) in [4.78, 5) is 30.5. The lowest BCUT2D eigenvalue weighted by Gasteiger charge is -2.26. The monoisotopic (exact) mass is 406 g/mol. The van der Waals surface area contributed by atoms with Crippen molar-refractivity contribution in [2.24, 2.45) is 0 Å². The second-order valence-electron chi connectivity index (χ2n) is 8.00. The highest BCUT2D eigenvalue weighted by Crippen LogP contribution is 2.39. The number of rotatable bonds is 3. The molecular formula is C23H22N2O5. The summed E-state index contributed by atoms with van der Waals surface area (Å²) in [5.41, 5.74) is 5.07. The molecule has 2 aromatic heterocycles. The molecule has 0 unspecified atom stereocenters. The zero-order valence-electron chi connectivity index (χ0n) is 17.1. The van der Waals surface area contributed by atoms with Gasteiger partial charge in [0.05, 0.1) is 35.1 Å². The van der Waals surface area contributed by atoms with E-state index in [-0.39, 0.29) is 24.0 Å². The van der Waals surface area contributed by atoms with Crippen molar-refractivity contribution >= 4 is 16.9 Å². The van der Waals surface area contributed by atoms with E-state index in [4.69, 9.17) is 14.5 Å². The first kappa shape index (κ1) is 18.8. The summed E-state index contributed by atoms with van der Waals surface area (Å²) in [6.07, 6.45) is -0.369. The standard InChI is InChI=1S/C23H22N2O5/c1-4-13-14-7-12(26)5-6-18(14)24-20-16(13)9-25-19(20)8-15-17(22(25)27)10-29-23(28)21(15)30-11(2)3/h5-8,11,21,26H,4,9-10H2,1-3H3/t21-/m0/s1. The summed E-state index contributed by atoms with van der Waals surface area (Å²) in [5.74, 6) is -0.290. The Morgan fingerprint density at radius 3 is 2.80 bits per heavy atom. The van der Waals surface area contributed by atoms with Crippen LogP contribution in [0.1, 0.15) is 49.1 Å². The van der Waals surface area contributed by atoms with Gasteiger partial charge in [0.25, 0.3) is 5.56 Å². The largest absolute Gasteiger partial charge is 0.508 e. The van der Waals surface area contributed by atoms with Crippen molar-refractivity contribution in [2.45, 2.75) is 52.6 Å². The summed E-state index contributed by atoms with van der Waals surface area (Å²) < 4.78 is 12.7. The van der Waals surface area contributed by atoms with Crippen molar-refractivity contribution in [3.8, 4) is 17.1 Å². The fraction of sp³-hybridized carbons (Fsp3) is 0.348. The van der Waals surface area contributed by atoms with Crippen LogP contribution in [0.3, 0.4) is 0 Å². The molecule has 0 spiro atoms. The minimum Gasteiger partial charge on any atom is -0.508 e. The van der Waals surface area contributed by atoms with Crippen LogP contribution in [0.2, 0.25) is 0 Å². The maximum Gasteiger partial charge on any atom is 0.340 e. The highest BCUT2D eigenvalue weighted by Gasteiger charge is 2.36. The molecule has 0 amide bonds. The zero-order chi connectivity index (χ0) is 21.2. The highest BCUT2D eigenvalue weighted by atomic mass is 16.6. The Labute approximate surface area is 172 Å². The maximum atomic E-state index is 13.3. The number of phenols is 1. The average molecular weight is 406 g/mol. The Morgan fingerprint density at radius 2 is 2.07 bits per heavy atom. The Morgan fingerprint density at radius 1 is 1.27 bits per heavy atom. The normalized spacial score (nSPS) is 17.1. The third-order valence-electron chi connectivity index (χ3n) is 5.80. The number of ether oxygens (including phenoxy) is 2. The molecule has 0 saturated carbocycles. The predicted molar refractivity (Wildman–Crippen MR) is 110 cm³/mol. The highest BCUT2D eigenvalue weighted by molar-refractivity contribution is 5.89. The lowest BCUT2D eigenvalue weighted by Crippen LogP contribution is -2.34. The number of aryl methyl sites for hydroxylation is 1. The summed E-state index contributed by atoms with van der Waals surface area (Å²) in [7, 11) is 0. The van der Waals surface area contributed by atoms with Gasteiger partial charge in [0.1, 0.15) is 12.4 Å². The number of benzene rings is 1. The van der Waals surface area contributed by atoms with Gasteiger partial charge in [0, 0.05) is 16.5 Å². The van der Waals surface area contributed by atoms with Crippen LogP contribution < -0.4 is 5.56 Å². The molecule has 30 heavy (non-hydrogen) atoms. The number of hydrogen-bond donors (Lipinski definition) is 1. The van der Waals surface area contributed by atoms with Gasteiger partial charge >= 0.3 is 5.97 Å². The molecule has 7 nitrogen and oxygen atoms in total. The molecule has 5 rings (SSSR count). The first-order chi connectivity index (χ1) is 14.4. The van der Waals surface area contributed by atoms with Crippen molar-refractivity contribution in [3.05, 3.63) is 56.9 Å². The van der Waals surface area contributed by atoms with E-state index in [0.717, 1.165) is 34.1 Å². The fourth-order valence-electron chi connectivity index (χ4n) is 4.49. The van der Waals surface area contributed by atoms with E-state index in [9.17, 15) is 14.7 Å². The number of cyclic esters (lactones) is 1. The van der Waals surface area contributed by atoms with Gasteiger partial charge in [-0.3, -0.25) is 4.79 Å². The Bertz CT molecular complexity index is 1280. The van der Waals surface area contributed by atoms with Crippen LogP contribution >= 0.6 is 0 Å². The number of fused-ring (bicyclic) bond motifs is 5. The van der Waals surface area contributed by atoms with Gasteiger partial charge in [-0.15, -0.1) is 0 Å². The van der Waals surface area contributed by atoms with E-state index in [1.165, 1.54) is 0 Å². The van der Waals surface area contributed by atoms with E-state index in [0.29, 0.717) is 23.4 Å². The van der Waals surface area contributed by atoms with Crippen LogP contribution in [-0.2, 0) is 33.8 Å². The molecule has 4 heterocycles. The van der Waals surface area contributed by atoms with Crippen LogP contribution in [0.15, 0.2) is 29.1 Å². The molecule has 1 atom stereocenters. The minimum atomic E-state index is -0.917. The molecule has 2 aliphatic rings. The molecule has 0 saturated heterocycles. The molecule has 0 radical (unpaired) electrons. The summed E-state index contributed by atoms with van der Waals surface area (Å²) in [6.45, 7) is 6.09. The van der Waals surface area contributed by atoms with Gasteiger partial charge in [-0.05, 0) is 50.1 Å². The van der Waals surface area contributed by atoms with Crippen LogP contribution in [0.25, 0.3) is 22.3 Å². The number of aromatic hydroxyl groups is 1. The van der Waals surface area contributed by atoms with Gasteiger partial charge in [-0.25, -0.2) is 9.78 Å². The van der Waals surface area contributed by atoms with Crippen LogP contribution in [0.5, 0.6) is 5.75 Å². The number of aromatic nitrogens is 2. The molecule has 1 aromatic carbocycles. The topological polar surface area (TPSA) is 90.7 Å². The summed E-state index contributed by atoms with van der Waals surface area (Å²) >= 11 is 0. The van der Waals surface area contributed by atoms with E-state index in [2.05, 4.69) is 6.92 Å². The van der Waals surface area contributed by atoms with Gasteiger partial charge in [-0.1, -0.05) is 6.92 Å². The number of phenolic OH excluding ortho intramolecular Hbond substituents is 1. The maximum absolute atomic E-state index is 13.3. The molecule has 0 bridgehead atoms. The summed E-state index contributed by atoms with van der Waals surface area (Å²) in [5, 5.41) is 10.8. The number of pyridine rings is 2. The van der Waals surface area contributed by atoms with Crippen molar-refractivity contribution in [3.63, 3.8) is 0 Å². The Balaban J connectivity index is 1.77. The van der Waals surface area contributed by atoms with Crippen LogP contribution in [0, 0.1) is 0 Å². The number of hydrogen-bond acceptors (Lipinski definition) is 6. The zero-order valence-corrected chi connectivity index (χ0v) is 17.1. The average Bonchev–Trinajstić information content (AvgIpc) is 3.07. The second kappa shape index (κ2) is 6.67. The SMILES string of the molecule is CCc1c2c(nc3ccc(O)cc13)-c1cc3c(c(=O)n1C2)COC(=O)[C@H]3OC(C)C. The minimum absolute atomic E-state index is 0.0501. The fourth-order valence-corrected chi connectivity index (χ4v) is 4.49. The molecular weight excluding hydrogens is 384 g/mol. The van der Waals surface area contributed by atoms with E-state index >= 15 is 0 Å². The molecule has 7 heteroatoms. The van der Waals surface area contributed by atoms with Gasteiger partial charge in [0.15, 0.2) is 6.10 Å². The first-order valence-corrected chi connectivity index (χ1v) is 10.1. The third kappa shape index (κ3) is 2.65. The Kier molecular flexibility index (Phi) is 4.18. The molecule has 1 N–H and O–H groups in total. The molecule has 0 fully saturated rings. The quantitative estimate of drug-likeness (QED) is 0.526. The predicted octanol–water partition coefficient (Wildman–Crippen LogP) is 3.22. The van der Waals surface area contributed by atoms with Crippen molar-refractivity contribution < 1.29 is 19.4 Å². The van der Waals surface area contributed by atoms with Crippen LogP contribution in [-0.4, -0.2) is 26.7 Å². The Hall–Kier alpha value is -3.19. The number of esters is 1. The van der Waals surface area contributed by atoms with Crippen molar-refractivity contribution in [1.82, 2.24) is 9.55 Å². The molecule has 0 aliphatic carbocycles. The van der Waals surface area contributed by atoms with Crippen LogP contribution in [0.4, 0.5) is 0 Å². The number of carbonyl (C=O) groups excluding carboxylic acids is 1. The van der Waals surface area contributed by atoms with E-state index in [1.54, 1.807) is 22.8 Å². The molecule has 3 aromatic rings. The lowest BCUT2D eigenvalue weighted by molar-refractivity contribution is -0.165. The molecule has 154 valence electrons. The van der Waals surface area contributed by atoms with Gasteiger partial charge in [0.2, 0.25) is 0 Å².